The number of hydrogen-bond acceptors (Lipinski definition) is 5. The molecule has 1 aromatic heterocycles. The number of methoxy groups -OCH3 is 1. The third-order valence-corrected chi connectivity index (χ3v) is 2.79. The van der Waals surface area contributed by atoms with Crippen LogP contribution in [-0.2, 0) is 6.18 Å². The lowest BCUT2D eigenvalue weighted by atomic mass is 10.1. The number of carbonyl (C=O) groups excluding carboxylic acids is 1. The Morgan fingerprint density at radius 2 is 2.04 bits per heavy atom. The quantitative estimate of drug-likeness (QED) is 0.661. The molecular formula is C12H9F3N4O4. The van der Waals surface area contributed by atoms with Crippen LogP contribution in [0.15, 0.2) is 24.3 Å². The zero-order valence-electron chi connectivity index (χ0n) is 11.5. The number of rotatable bonds is 4. The first-order valence-corrected chi connectivity index (χ1v) is 6.00. The highest BCUT2D eigenvalue weighted by molar-refractivity contribution is 6.06. The molecule has 0 radical (unpaired) electrons. The summed E-state index contributed by atoms with van der Waals surface area (Å²) in [5, 5.41) is 18.4. The Hall–Kier alpha value is -3.11. The fourth-order valence-corrected chi connectivity index (χ4v) is 1.81. The fraction of sp³-hybridized carbons (Fsp3) is 0.167. The number of nitrogens with zero attached hydrogens (tertiary/aromatic N) is 2. The first-order chi connectivity index (χ1) is 10.8. The highest BCUT2D eigenvalue weighted by Crippen LogP contribution is 2.35. The van der Waals surface area contributed by atoms with Gasteiger partial charge in [0.05, 0.1) is 23.3 Å². The van der Waals surface area contributed by atoms with E-state index in [1.165, 1.54) is 6.07 Å². The predicted molar refractivity (Wildman–Crippen MR) is 71.2 cm³/mol. The van der Waals surface area contributed by atoms with Crippen molar-refractivity contribution in [2.45, 2.75) is 6.18 Å². The summed E-state index contributed by atoms with van der Waals surface area (Å²) in [5.41, 5.74) is -3.01. The van der Waals surface area contributed by atoms with Crippen LogP contribution < -0.4 is 10.1 Å². The van der Waals surface area contributed by atoms with E-state index < -0.39 is 45.5 Å². The second-order valence-corrected chi connectivity index (χ2v) is 4.21. The van der Waals surface area contributed by atoms with Crippen LogP contribution in [0.1, 0.15) is 16.1 Å². The summed E-state index contributed by atoms with van der Waals surface area (Å²) < 4.78 is 43.2. The second-order valence-electron chi connectivity index (χ2n) is 4.21. The van der Waals surface area contributed by atoms with Gasteiger partial charge in [-0.25, -0.2) is 0 Å². The van der Waals surface area contributed by atoms with Crippen LogP contribution in [0, 0.1) is 10.1 Å². The van der Waals surface area contributed by atoms with Crippen LogP contribution in [0.5, 0.6) is 5.88 Å². The summed E-state index contributed by atoms with van der Waals surface area (Å²) in [5.74, 6) is -1.60. The van der Waals surface area contributed by atoms with Crippen molar-refractivity contribution in [3.63, 3.8) is 0 Å². The molecule has 1 aromatic carbocycles. The van der Waals surface area contributed by atoms with E-state index in [1.807, 2.05) is 5.32 Å². The smallest absolute Gasteiger partial charge is 0.418 e. The SMILES string of the molecule is COc1n[nH]c(C(=O)Nc2ccccc2C(F)(F)F)c1[N+](=O)[O-]. The minimum Gasteiger partial charge on any atom is -0.475 e. The number of halogens is 3. The lowest BCUT2D eigenvalue weighted by Crippen LogP contribution is -2.18. The molecule has 2 aromatic rings. The molecule has 0 aliphatic heterocycles. The van der Waals surface area contributed by atoms with Crippen molar-refractivity contribution < 1.29 is 27.6 Å². The zero-order valence-corrected chi connectivity index (χ0v) is 11.5. The van der Waals surface area contributed by atoms with Gasteiger partial charge in [0.1, 0.15) is 0 Å². The van der Waals surface area contributed by atoms with E-state index in [1.54, 1.807) is 0 Å². The number of nitrogens with one attached hydrogen (secondary N) is 2. The van der Waals surface area contributed by atoms with Crippen molar-refractivity contribution in [3.05, 3.63) is 45.6 Å². The van der Waals surface area contributed by atoms with Crippen molar-refractivity contribution in [2.75, 3.05) is 12.4 Å². The van der Waals surface area contributed by atoms with E-state index >= 15 is 0 Å². The van der Waals surface area contributed by atoms with E-state index in [-0.39, 0.29) is 0 Å². The monoisotopic (exact) mass is 330 g/mol. The Kier molecular flexibility index (Phi) is 4.20. The summed E-state index contributed by atoms with van der Waals surface area (Å²) in [4.78, 5) is 22.1. The van der Waals surface area contributed by atoms with Crippen LogP contribution in [-0.4, -0.2) is 28.1 Å². The lowest BCUT2D eigenvalue weighted by Gasteiger charge is -2.12. The number of alkyl halides is 3. The minimum absolute atomic E-state index is 0.454. The predicted octanol–water partition coefficient (Wildman–Crippen LogP) is 2.60. The Balaban J connectivity index is 2.38. The zero-order chi connectivity index (χ0) is 17.2. The van der Waals surface area contributed by atoms with Crippen LogP contribution >= 0.6 is 0 Å². The van der Waals surface area contributed by atoms with Gasteiger partial charge >= 0.3 is 17.7 Å². The van der Waals surface area contributed by atoms with Gasteiger partial charge in [-0.05, 0) is 12.1 Å². The molecular weight excluding hydrogens is 321 g/mol. The van der Waals surface area contributed by atoms with E-state index in [2.05, 4.69) is 14.9 Å². The molecule has 0 bridgehead atoms. The number of hydrogen-bond donors (Lipinski definition) is 2. The number of nitro groups is 1. The number of amides is 1. The Bertz CT molecular complexity index is 757. The van der Waals surface area contributed by atoms with Gasteiger partial charge in [0.25, 0.3) is 5.91 Å². The van der Waals surface area contributed by atoms with Crippen LogP contribution in [0.3, 0.4) is 0 Å². The number of para-hydroxylation sites is 1. The molecule has 0 aliphatic rings. The Morgan fingerprint density at radius 3 is 2.61 bits per heavy atom. The molecule has 0 spiro atoms. The number of aromatic amines is 1. The maximum atomic E-state index is 12.9. The molecule has 0 saturated heterocycles. The molecule has 0 unspecified atom stereocenters. The fourth-order valence-electron chi connectivity index (χ4n) is 1.81. The van der Waals surface area contributed by atoms with Crippen molar-refractivity contribution in [1.29, 1.82) is 0 Å². The maximum absolute atomic E-state index is 12.9. The summed E-state index contributed by atoms with van der Waals surface area (Å²) in [7, 11) is 1.10. The number of benzene rings is 1. The molecule has 23 heavy (non-hydrogen) atoms. The molecule has 0 saturated carbocycles. The molecule has 1 amide bonds. The minimum atomic E-state index is -4.69. The average molecular weight is 330 g/mol. The largest absolute Gasteiger partial charge is 0.475 e. The molecule has 0 aliphatic carbocycles. The summed E-state index contributed by atoms with van der Waals surface area (Å²) >= 11 is 0. The molecule has 0 fully saturated rings. The Labute approximate surface area is 126 Å². The van der Waals surface area contributed by atoms with Gasteiger partial charge < -0.3 is 10.1 Å². The Morgan fingerprint density at radius 1 is 1.39 bits per heavy atom. The van der Waals surface area contributed by atoms with E-state index in [0.717, 1.165) is 25.3 Å². The van der Waals surface area contributed by atoms with Gasteiger partial charge in [-0.2, -0.15) is 13.2 Å². The van der Waals surface area contributed by atoms with Crippen LogP contribution in [0.25, 0.3) is 0 Å². The summed E-state index contributed by atoms with van der Waals surface area (Å²) in [6.07, 6.45) is -4.69. The van der Waals surface area contributed by atoms with Crippen molar-refractivity contribution in [2.24, 2.45) is 0 Å². The van der Waals surface area contributed by atoms with Gasteiger partial charge in [-0.15, -0.1) is 5.10 Å². The number of anilines is 1. The van der Waals surface area contributed by atoms with E-state index in [0.29, 0.717) is 0 Å². The van der Waals surface area contributed by atoms with Crippen LogP contribution in [0.2, 0.25) is 0 Å². The average Bonchev–Trinajstić information content (AvgIpc) is 2.90. The number of aromatic nitrogens is 2. The third kappa shape index (κ3) is 3.22. The lowest BCUT2D eigenvalue weighted by molar-refractivity contribution is -0.386. The first kappa shape index (κ1) is 16.3. The van der Waals surface area contributed by atoms with Crippen molar-refractivity contribution in [3.8, 4) is 5.88 Å². The normalized spacial score (nSPS) is 11.1. The molecule has 0 atom stereocenters. The van der Waals surface area contributed by atoms with E-state index in [4.69, 9.17) is 0 Å². The van der Waals surface area contributed by atoms with Crippen LogP contribution in [0.4, 0.5) is 24.5 Å². The first-order valence-electron chi connectivity index (χ1n) is 6.00. The van der Waals surface area contributed by atoms with Gasteiger partial charge in [0.2, 0.25) is 5.69 Å². The van der Waals surface area contributed by atoms with Gasteiger partial charge in [0, 0.05) is 0 Å². The molecule has 8 nitrogen and oxygen atoms in total. The molecule has 122 valence electrons. The van der Waals surface area contributed by atoms with Gasteiger partial charge in [-0.1, -0.05) is 12.1 Å². The topological polar surface area (TPSA) is 110 Å². The van der Waals surface area contributed by atoms with Crippen molar-refractivity contribution in [1.82, 2.24) is 10.2 Å². The van der Waals surface area contributed by atoms with Gasteiger partial charge in [-0.3, -0.25) is 20.0 Å². The van der Waals surface area contributed by atoms with E-state index in [9.17, 15) is 28.1 Å². The second kappa shape index (κ2) is 5.94. The highest BCUT2D eigenvalue weighted by Gasteiger charge is 2.35. The molecule has 2 rings (SSSR count). The van der Waals surface area contributed by atoms with Gasteiger partial charge in [0.15, 0.2) is 0 Å². The number of ether oxygens (including phenoxy) is 1. The standard InChI is InChI=1S/C12H9F3N4O4/c1-23-11-9(19(21)22)8(17-18-11)10(20)16-7-5-3-2-4-6(7)12(13,14)15/h2-5H,1H3,(H,16,20)(H,17,18). The summed E-state index contributed by atoms with van der Waals surface area (Å²) in [6, 6.07) is 4.24. The number of carbonyl (C=O) groups is 1. The summed E-state index contributed by atoms with van der Waals surface area (Å²) in [6.45, 7) is 0. The highest BCUT2D eigenvalue weighted by atomic mass is 19.4. The third-order valence-electron chi connectivity index (χ3n) is 2.79. The van der Waals surface area contributed by atoms with Crippen molar-refractivity contribution >= 4 is 17.3 Å². The molecule has 1 heterocycles. The maximum Gasteiger partial charge on any atom is 0.418 e. The molecule has 11 heteroatoms. The number of H-pyrrole nitrogens is 1. The molecule has 2 N–H and O–H groups in total.